The third-order valence-corrected chi connectivity index (χ3v) is 5.69. The van der Waals surface area contributed by atoms with E-state index >= 15 is 0 Å². The molecule has 6 nitrogen and oxygen atoms in total. The summed E-state index contributed by atoms with van der Waals surface area (Å²) in [5.74, 6) is 1.09. The molecule has 1 aliphatic rings. The zero-order valence-corrected chi connectivity index (χ0v) is 18.3. The van der Waals surface area contributed by atoms with Gasteiger partial charge in [-0.15, -0.1) is 0 Å². The van der Waals surface area contributed by atoms with Crippen molar-refractivity contribution in [3.63, 3.8) is 0 Å². The van der Waals surface area contributed by atoms with Gasteiger partial charge in [-0.3, -0.25) is 9.69 Å². The van der Waals surface area contributed by atoms with Gasteiger partial charge < -0.3 is 19.3 Å². The molecule has 1 heterocycles. The number of carboxylic acid groups (broad SMARTS) is 1. The lowest BCUT2D eigenvalue weighted by Crippen LogP contribution is -2.46. The van der Waals surface area contributed by atoms with Gasteiger partial charge in [-0.2, -0.15) is 0 Å². The summed E-state index contributed by atoms with van der Waals surface area (Å²) in [7, 11) is 3.20. The average molecular weight is 434 g/mol. The van der Waals surface area contributed by atoms with Gasteiger partial charge in [-0.1, -0.05) is 24.1 Å². The van der Waals surface area contributed by atoms with Crippen molar-refractivity contribution in [1.82, 2.24) is 4.90 Å². The van der Waals surface area contributed by atoms with Crippen LogP contribution in [0.5, 0.6) is 17.2 Å². The number of piperidine rings is 1. The number of benzene rings is 2. The van der Waals surface area contributed by atoms with Crippen molar-refractivity contribution in [2.75, 3.05) is 27.4 Å². The summed E-state index contributed by atoms with van der Waals surface area (Å²) in [6.07, 6.45) is 2.42. The van der Waals surface area contributed by atoms with Gasteiger partial charge in [-0.05, 0) is 62.2 Å². The molecule has 1 N–H and O–H groups in total. The van der Waals surface area contributed by atoms with Gasteiger partial charge in [-0.25, -0.2) is 0 Å². The number of nitrogens with zero attached hydrogens (tertiary/aromatic N) is 1. The number of aliphatic carboxylic acids is 1. The Kier molecular flexibility index (Phi) is 7.45. The summed E-state index contributed by atoms with van der Waals surface area (Å²) in [5.41, 5.74) is 1.72. The molecule has 2 aromatic rings. The zero-order valence-electron chi connectivity index (χ0n) is 17.6. The molecule has 2 atom stereocenters. The van der Waals surface area contributed by atoms with Crippen LogP contribution in [0.2, 0.25) is 5.02 Å². The molecule has 30 heavy (non-hydrogen) atoms. The number of ether oxygens (including phenoxy) is 3. The fourth-order valence-electron chi connectivity index (χ4n) is 4.13. The van der Waals surface area contributed by atoms with Crippen LogP contribution < -0.4 is 14.2 Å². The number of rotatable bonds is 8. The second kappa shape index (κ2) is 10.0. The minimum Gasteiger partial charge on any atom is -0.496 e. The van der Waals surface area contributed by atoms with Crippen LogP contribution in [0.4, 0.5) is 0 Å². The number of hydrogen-bond donors (Lipinski definition) is 1. The van der Waals surface area contributed by atoms with Crippen molar-refractivity contribution in [2.45, 2.75) is 38.3 Å². The van der Waals surface area contributed by atoms with Gasteiger partial charge in [0.1, 0.15) is 11.8 Å². The summed E-state index contributed by atoms with van der Waals surface area (Å²) < 4.78 is 16.8. The molecule has 1 aliphatic heterocycles. The molecule has 1 saturated heterocycles. The highest BCUT2D eigenvalue weighted by Gasteiger charge is 2.36. The standard InChI is InChI=1S/C23H28ClNO5/c1-4-30-20-10-8-15(13-21(20)29-3)22(17-14-16(24)9-11-19(17)28-2)25-12-6-5-7-18(25)23(26)27/h8-11,13-14,18,22H,4-7,12H2,1-3H3,(H,26,27). The maximum atomic E-state index is 12.1. The van der Waals surface area contributed by atoms with Crippen molar-refractivity contribution in [3.05, 3.63) is 52.5 Å². The van der Waals surface area contributed by atoms with Gasteiger partial charge >= 0.3 is 5.97 Å². The number of hydrogen-bond acceptors (Lipinski definition) is 5. The summed E-state index contributed by atoms with van der Waals surface area (Å²) in [6.45, 7) is 3.10. The first kappa shape index (κ1) is 22.2. The highest BCUT2D eigenvalue weighted by Crippen LogP contribution is 2.42. The second-order valence-corrected chi connectivity index (χ2v) is 7.66. The van der Waals surface area contributed by atoms with Crippen LogP contribution in [-0.2, 0) is 4.79 Å². The van der Waals surface area contributed by atoms with E-state index in [1.807, 2.05) is 42.2 Å². The van der Waals surface area contributed by atoms with Crippen molar-refractivity contribution in [1.29, 1.82) is 0 Å². The van der Waals surface area contributed by atoms with Crippen LogP contribution in [0.15, 0.2) is 36.4 Å². The van der Waals surface area contributed by atoms with E-state index in [-0.39, 0.29) is 6.04 Å². The normalized spacial score (nSPS) is 17.9. The molecule has 0 saturated carbocycles. The van der Waals surface area contributed by atoms with Crippen LogP contribution in [0.1, 0.15) is 43.4 Å². The minimum absolute atomic E-state index is 0.357. The Balaban J connectivity index is 2.18. The molecule has 7 heteroatoms. The Labute approximate surface area is 182 Å². The lowest BCUT2D eigenvalue weighted by molar-refractivity contribution is -0.145. The van der Waals surface area contributed by atoms with Crippen LogP contribution in [0, 0.1) is 0 Å². The minimum atomic E-state index is -0.821. The van der Waals surface area contributed by atoms with Gasteiger partial charge in [0, 0.05) is 10.6 Å². The lowest BCUT2D eigenvalue weighted by atomic mass is 9.91. The summed E-state index contributed by atoms with van der Waals surface area (Å²) in [5, 5.41) is 10.5. The summed E-state index contributed by atoms with van der Waals surface area (Å²) in [4.78, 5) is 14.1. The Morgan fingerprint density at radius 2 is 1.87 bits per heavy atom. The van der Waals surface area contributed by atoms with Crippen molar-refractivity contribution >= 4 is 17.6 Å². The summed E-state index contributed by atoms with van der Waals surface area (Å²) >= 11 is 6.33. The first-order chi connectivity index (χ1) is 14.5. The van der Waals surface area contributed by atoms with E-state index in [1.54, 1.807) is 20.3 Å². The fourth-order valence-corrected chi connectivity index (χ4v) is 4.31. The molecule has 0 aliphatic carbocycles. The Hall–Kier alpha value is -2.44. The molecular formula is C23H28ClNO5. The number of carboxylic acids is 1. The van der Waals surface area contributed by atoms with E-state index in [0.29, 0.717) is 41.8 Å². The summed E-state index contributed by atoms with van der Waals surface area (Å²) in [6, 6.07) is 10.2. The molecule has 3 rings (SSSR count). The Bertz CT molecular complexity index is 888. The molecule has 0 radical (unpaired) electrons. The van der Waals surface area contributed by atoms with Crippen LogP contribution in [0.3, 0.4) is 0 Å². The first-order valence-corrected chi connectivity index (χ1v) is 10.5. The van der Waals surface area contributed by atoms with Crippen molar-refractivity contribution in [2.24, 2.45) is 0 Å². The highest BCUT2D eigenvalue weighted by molar-refractivity contribution is 6.30. The molecular weight excluding hydrogens is 406 g/mol. The van der Waals surface area contributed by atoms with Crippen LogP contribution >= 0.6 is 11.6 Å². The van der Waals surface area contributed by atoms with E-state index in [4.69, 9.17) is 25.8 Å². The van der Waals surface area contributed by atoms with Gasteiger partial charge in [0.05, 0.1) is 26.9 Å². The van der Waals surface area contributed by atoms with E-state index in [9.17, 15) is 9.90 Å². The molecule has 0 bridgehead atoms. The van der Waals surface area contributed by atoms with Crippen LogP contribution in [0.25, 0.3) is 0 Å². The number of halogens is 1. The second-order valence-electron chi connectivity index (χ2n) is 7.22. The predicted octanol–water partition coefficient (Wildman–Crippen LogP) is 4.78. The van der Waals surface area contributed by atoms with Gasteiger partial charge in [0.25, 0.3) is 0 Å². The third kappa shape index (κ3) is 4.65. The Morgan fingerprint density at radius 3 is 2.53 bits per heavy atom. The number of methoxy groups -OCH3 is 2. The van der Waals surface area contributed by atoms with Crippen molar-refractivity contribution in [3.8, 4) is 17.2 Å². The number of carbonyl (C=O) groups is 1. The molecule has 1 fully saturated rings. The predicted molar refractivity (Wildman–Crippen MR) is 116 cm³/mol. The van der Waals surface area contributed by atoms with E-state index in [2.05, 4.69) is 0 Å². The SMILES string of the molecule is CCOc1ccc(C(c2cc(Cl)ccc2OC)N2CCCCC2C(=O)O)cc1OC. The fraction of sp³-hybridized carbons (Fsp3) is 0.435. The Morgan fingerprint density at radius 1 is 1.13 bits per heavy atom. The van der Waals surface area contributed by atoms with Crippen molar-refractivity contribution < 1.29 is 24.1 Å². The average Bonchev–Trinajstić information content (AvgIpc) is 2.75. The maximum Gasteiger partial charge on any atom is 0.320 e. The molecule has 2 unspecified atom stereocenters. The third-order valence-electron chi connectivity index (χ3n) is 5.45. The zero-order chi connectivity index (χ0) is 21.7. The molecule has 162 valence electrons. The number of likely N-dealkylation sites (tertiary alicyclic amines) is 1. The molecule has 0 aromatic heterocycles. The molecule has 2 aromatic carbocycles. The van der Waals surface area contributed by atoms with Gasteiger partial charge in [0.15, 0.2) is 11.5 Å². The topological polar surface area (TPSA) is 68.2 Å². The van der Waals surface area contributed by atoms with Gasteiger partial charge in [0.2, 0.25) is 0 Å². The smallest absolute Gasteiger partial charge is 0.320 e. The molecule has 0 amide bonds. The maximum absolute atomic E-state index is 12.1. The monoisotopic (exact) mass is 433 g/mol. The highest BCUT2D eigenvalue weighted by atomic mass is 35.5. The lowest BCUT2D eigenvalue weighted by Gasteiger charge is -2.40. The van der Waals surface area contributed by atoms with E-state index in [1.165, 1.54) is 0 Å². The largest absolute Gasteiger partial charge is 0.496 e. The van der Waals surface area contributed by atoms with E-state index < -0.39 is 12.0 Å². The first-order valence-electron chi connectivity index (χ1n) is 10.1. The molecule has 0 spiro atoms. The quantitative estimate of drug-likeness (QED) is 0.645. The van der Waals surface area contributed by atoms with E-state index in [0.717, 1.165) is 24.0 Å². The van der Waals surface area contributed by atoms with Crippen LogP contribution in [-0.4, -0.2) is 49.4 Å².